The van der Waals surface area contributed by atoms with Crippen LogP contribution in [0.4, 0.5) is 0 Å². The quantitative estimate of drug-likeness (QED) is 0.804. The van der Waals surface area contributed by atoms with E-state index in [1.165, 1.54) is 12.8 Å². The zero-order chi connectivity index (χ0) is 11.5. The number of hydrogen-bond acceptors (Lipinski definition) is 4. The number of aryl methyl sites for hydroxylation is 1. The Morgan fingerprint density at radius 3 is 2.69 bits per heavy atom. The highest BCUT2D eigenvalue weighted by Crippen LogP contribution is 2.20. The van der Waals surface area contributed by atoms with E-state index >= 15 is 0 Å². The SMILES string of the molecule is CC(N)C1CCN(Cc2cn(C)nn2)CC1. The van der Waals surface area contributed by atoms with E-state index in [0.29, 0.717) is 12.0 Å². The van der Waals surface area contributed by atoms with Crippen LogP contribution in [0.15, 0.2) is 6.20 Å². The molecule has 1 aromatic heterocycles. The molecule has 0 aliphatic carbocycles. The van der Waals surface area contributed by atoms with Gasteiger partial charge in [-0.2, -0.15) is 0 Å². The third-order valence-electron chi connectivity index (χ3n) is 3.41. The van der Waals surface area contributed by atoms with Crippen LogP contribution < -0.4 is 5.73 Å². The third-order valence-corrected chi connectivity index (χ3v) is 3.41. The van der Waals surface area contributed by atoms with Gasteiger partial charge < -0.3 is 5.73 Å². The maximum absolute atomic E-state index is 5.92. The number of hydrogen-bond donors (Lipinski definition) is 1. The first kappa shape index (κ1) is 11.5. The van der Waals surface area contributed by atoms with E-state index in [4.69, 9.17) is 5.73 Å². The number of piperidine rings is 1. The van der Waals surface area contributed by atoms with Crippen LogP contribution in [0.5, 0.6) is 0 Å². The molecule has 1 aliphatic heterocycles. The second-order valence-electron chi connectivity index (χ2n) is 4.86. The van der Waals surface area contributed by atoms with Gasteiger partial charge in [0.2, 0.25) is 0 Å². The van der Waals surface area contributed by atoms with E-state index in [1.54, 1.807) is 4.68 Å². The van der Waals surface area contributed by atoms with Crippen molar-refractivity contribution < 1.29 is 0 Å². The average Bonchev–Trinajstić information content (AvgIpc) is 2.65. The number of aromatic nitrogens is 3. The predicted molar refractivity (Wildman–Crippen MR) is 62.7 cm³/mol. The van der Waals surface area contributed by atoms with E-state index < -0.39 is 0 Å². The summed E-state index contributed by atoms with van der Waals surface area (Å²) < 4.78 is 1.75. The standard InChI is InChI=1S/C11H21N5/c1-9(12)10-3-5-16(6-4-10)8-11-7-15(2)14-13-11/h7,9-10H,3-6,8,12H2,1-2H3. The summed E-state index contributed by atoms with van der Waals surface area (Å²) in [6.45, 7) is 5.29. The van der Waals surface area contributed by atoms with Crippen molar-refractivity contribution in [3.05, 3.63) is 11.9 Å². The van der Waals surface area contributed by atoms with Crippen molar-refractivity contribution in [1.82, 2.24) is 19.9 Å². The van der Waals surface area contributed by atoms with Crippen LogP contribution in [0.3, 0.4) is 0 Å². The van der Waals surface area contributed by atoms with Crippen molar-refractivity contribution >= 4 is 0 Å². The summed E-state index contributed by atoms with van der Waals surface area (Å²) in [7, 11) is 1.90. The fourth-order valence-corrected chi connectivity index (χ4v) is 2.33. The molecule has 5 nitrogen and oxygen atoms in total. The van der Waals surface area contributed by atoms with Crippen molar-refractivity contribution in [3.8, 4) is 0 Å². The van der Waals surface area contributed by atoms with Crippen molar-refractivity contribution in [1.29, 1.82) is 0 Å². The van der Waals surface area contributed by atoms with Gasteiger partial charge >= 0.3 is 0 Å². The molecule has 0 radical (unpaired) electrons. The van der Waals surface area contributed by atoms with Gasteiger partial charge in [-0.05, 0) is 38.8 Å². The van der Waals surface area contributed by atoms with Gasteiger partial charge in [0.15, 0.2) is 0 Å². The molecule has 0 spiro atoms. The zero-order valence-electron chi connectivity index (χ0n) is 10.1. The Bertz CT molecular complexity index is 325. The number of rotatable bonds is 3. The minimum atomic E-state index is 0.332. The molecule has 0 aromatic carbocycles. The molecule has 1 aromatic rings. The summed E-state index contributed by atoms with van der Waals surface area (Å²) >= 11 is 0. The lowest BCUT2D eigenvalue weighted by atomic mass is 9.91. The van der Waals surface area contributed by atoms with Gasteiger partial charge in [0.05, 0.1) is 5.69 Å². The lowest BCUT2D eigenvalue weighted by molar-refractivity contribution is 0.164. The molecule has 2 heterocycles. The first-order chi connectivity index (χ1) is 7.65. The van der Waals surface area contributed by atoms with Crippen LogP contribution in [-0.2, 0) is 13.6 Å². The molecule has 5 heteroatoms. The van der Waals surface area contributed by atoms with E-state index in [-0.39, 0.29) is 0 Å². The molecular formula is C11H21N5. The van der Waals surface area contributed by atoms with Gasteiger partial charge in [-0.15, -0.1) is 5.10 Å². The Hall–Kier alpha value is -0.940. The molecule has 0 amide bonds. The van der Waals surface area contributed by atoms with Gasteiger partial charge in [0, 0.05) is 25.8 Å². The number of nitrogens with two attached hydrogens (primary N) is 1. The summed E-state index contributed by atoms with van der Waals surface area (Å²) in [6, 6.07) is 0.332. The molecular weight excluding hydrogens is 202 g/mol. The zero-order valence-corrected chi connectivity index (χ0v) is 10.1. The summed E-state index contributed by atoms with van der Waals surface area (Å²) in [6.07, 6.45) is 4.40. The van der Waals surface area contributed by atoms with Gasteiger partial charge in [0.1, 0.15) is 0 Å². The van der Waals surface area contributed by atoms with Crippen LogP contribution in [0.1, 0.15) is 25.5 Å². The lowest BCUT2D eigenvalue weighted by Gasteiger charge is -2.33. The van der Waals surface area contributed by atoms with Gasteiger partial charge in [-0.1, -0.05) is 5.21 Å². The van der Waals surface area contributed by atoms with E-state index in [2.05, 4.69) is 22.1 Å². The van der Waals surface area contributed by atoms with Crippen LogP contribution in [0.2, 0.25) is 0 Å². The second kappa shape index (κ2) is 4.93. The van der Waals surface area contributed by atoms with Crippen molar-refractivity contribution in [2.75, 3.05) is 13.1 Å². The Kier molecular flexibility index (Phi) is 3.56. The molecule has 1 fully saturated rings. The third kappa shape index (κ3) is 2.80. The molecule has 1 aliphatic rings. The molecule has 16 heavy (non-hydrogen) atoms. The first-order valence-corrected chi connectivity index (χ1v) is 5.98. The van der Waals surface area contributed by atoms with Crippen LogP contribution in [0, 0.1) is 5.92 Å². The Balaban J connectivity index is 1.81. The highest BCUT2D eigenvalue weighted by atomic mass is 15.4. The van der Waals surface area contributed by atoms with E-state index in [1.807, 2.05) is 13.2 Å². The van der Waals surface area contributed by atoms with Crippen molar-refractivity contribution in [3.63, 3.8) is 0 Å². The van der Waals surface area contributed by atoms with Crippen LogP contribution in [-0.4, -0.2) is 39.0 Å². The first-order valence-electron chi connectivity index (χ1n) is 5.98. The Morgan fingerprint density at radius 1 is 1.50 bits per heavy atom. The highest BCUT2D eigenvalue weighted by Gasteiger charge is 2.22. The molecule has 2 rings (SSSR count). The maximum atomic E-state index is 5.92. The molecule has 1 saturated heterocycles. The van der Waals surface area contributed by atoms with Crippen molar-refractivity contribution in [2.45, 2.75) is 32.4 Å². The molecule has 0 bridgehead atoms. The molecule has 1 atom stereocenters. The maximum Gasteiger partial charge on any atom is 0.0966 e. The van der Waals surface area contributed by atoms with Crippen LogP contribution >= 0.6 is 0 Å². The predicted octanol–water partition coefficient (Wildman–Crippen LogP) is 0.374. The second-order valence-corrected chi connectivity index (χ2v) is 4.86. The highest BCUT2D eigenvalue weighted by molar-refractivity contribution is 4.92. The summed E-state index contributed by atoms with van der Waals surface area (Å²) in [5.74, 6) is 0.693. The molecule has 1 unspecified atom stereocenters. The number of likely N-dealkylation sites (tertiary alicyclic amines) is 1. The normalized spacial score (nSPS) is 21.2. The largest absolute Gasteiger partial charge is 0.328 e. The lowest BCUT2D eigenvalue weighted by Crippen LogP contribution is -2.39. The molecule has 0 saturated carbocycles. The molecule has 2 N–H and O–H groups in total. The molecule has 90 valence electrons. The van der Waals surface area contributed by atoms with E-state index in [9.17, 15) is 0 Å². The van der Waals surface area contributed by atoms with Crippen LogP contribution in [0.25, 0.3) is 0 Å². The minimum Gasteiger partial charge on any atom is -0.328 e. The Morgan fingerprint density at radius 2 is 2.19 bits per heavy atom. The van der Waals surface area contributed by atoms with Crippen molar-refractivity contribution in [2.24, 2.45) is 18.7 Å². The van der Waals surface area contributed by atoms with Gasteiger partial charge in [0.25, 0.3) is 0 Å². The van der Waals surface area contributed by atoms with Gasteiger partial charge in [-0.3, -0.25) is 9.58 Å². The topological polar surface area (TPSA) is 60.0 Å². The summed E-state index contributed by atoms with van der Waals surface area (Å²) in [4.78, 5) is 2.43. The van der Waals surface area contributed by atoms with Gasteiger partial charge in [-0.25, -0.2) is 0 Å². The Labute approximate surface area is 96.6 Å². The fraction of sp³-hybridized carbons (Fsp3) is 0.818. The fourth-order valence-electron chi connectivity index (χ4n) is 2.33. The summed E-state index contributed by atoms with van der Waals surface area (Å²) in [5, 5.41) is 8.06. The summed E-state index contributed by atoms with van der Waals surface area (Å²) in [5.41, 5.74) is 6.98. The number of nitrogens with zero attached hydrogens (tertiary/aromatic N) is 4. The van der Waals surface area contributed by atoms with E-state index in [0.717, 1.165) is 25.3 Å². The average molecular weight is 223 g/mol. The minimum absolute atomic E-state index is 0.332. The monoisotopic (exact) mass is 223 g/mol. The smallest absolute Gasteiger partial charge is 0.0966 e.